The smallest absolute Gasteiger partial charge is 0.526 e. The van der Waals surface area contributed by atoms with Crippen molar-refractivity contribution in [3.8, 4) is 0 Å². The van der Waals surface area contributed by atoms with Crippen LogP contribution >= 0.6 is 0 Å². The van der Waals surface area contributed by atoms with Crippen LogP contribution in [-0.4, -0.2) is 46.6 Å². The van der Waals surface area contributed by atoms with Gasteiger partial charge in [-0.05, 0) is 13.3 Å². The SMILES string of the molecule is CCCC(=C(C)C(=O)O[SiH3])[Si](OC)(OC)OC. The fraction of sp³-hybridized carbons (Fsp3) is 0.700. The predicted molar refractivity (Wildman–Crippen MR) is 70.4 cm³/mol. The molecule has 0 radical (unpaired) electrons. The van der Waals surface area contributed by atoms with E-state index < -0.39 is 8.80 Å². The van der Waals surface area contributed by atoms with Gasteiger partial charge in [0.2, 0.25) is 10.5 Å². The molecular formula is C10H22O5Si2. The lowest BCUT2D eigenvalue weighted by molar-refractivity contribution is -0.129. The van der Waals surface area contributed by atoms with Crippen molar-refractivity contribution in [3.05, 3.63) is 10.8 Å². The lowest BCUT2D eigenvalue weighted by Crippen LogP contribution is -2.46. The van der Waals surface area contributed by atoms with Crippen LogP contribution in [0.15, 0.2) is 10.8 Å². The molecule has 100 valence electrons. The van der Waals surface area contributed by atoms with E-state index in [4.69, 9.17) is 17.7 Å². The van der Waals surface area contributed by atoms with Crippen LogP contribution in [0.3, 0.4) is 0 Å². The van der Waals surface area contributed by atoms with Crippen molar-refractivity contribution in [1.82, 2.24) is 0 Å². The quantitative estimate of drug-likeness (QED) is 0.497. The molecule has 0 fully saturated rings. The third kappa shape index (κ3) is 3.75. The molecule has 0 heterocycles. The first-order valence-corrected chi connectivity index (χ1v) is 8.01. The molecule has 17 heavy (non-hydrogen) atoms. The Morgan fingerprint density at radius 1 is 1.18 bits per heavy atom. The molecule has 0 saturated heterocycles. The van der Waals surface area contributed by atoms with E-state index in [9.17, 15) is 4.79 Å². The van der Waals surface area contributed by atoms with Gasteiger partial charge >= 0.3 is 14.8 Å². The Bertz CT molecular complexity index is 278. The first-order valence-electron chi connectivity index (χ1n) is 5.46. The van der Waals surface area contributed by atoms with Crippen LogP contribution in [0.1, 0.15) is 26.7 Å². The Balaban J connectivity index is 5.53. The fourth-order valence-corrected chi connectivity index (χ4v) is 4.38. The van der Waals surface area contributed by atoms with E-state index in [2.05, 4.69) is 0 Å². The maximum absolute atomic E-state index is 11.6. The van der Waals surface area contributed by atoms with E-state index in [1.165, 1.54) is 21.3 Å². The lowest BCUT2D eigenvalue weighted by Gasteiger charge is -2.28. The largest absolute Gasteiger partial charge is 0.532 e. The summed E-state index contributed by atoms with van der Waals surface area (Å²) in [6.07, 6.45) is 1.58. The Labute approximate surface area is 107 Å². The van der Waals surface area contributed by atoms with Gasteiger partial charge in [0.15, 0.2) is 0 Å². The zero-order valence-electron chi connectivity index (χ0n) is 11.5. The zero-order chi connectivity index (χ0) is 13.5. The standard InChI is InChI=1S/C10H22O5Si2/c1-6-7-9(8(2)10(11)15-16)17(12-3,13-4)14-5/h6-7H2,1-5,16H3. The minimum atomic E-state index is -2.92. The fourth-order valence-electron chi connectivity index (χ4n) is 1.72. The summed E-state index contributed by atoms with van der Waals surface area (Å²) in [4.78, 5) is 11.6. The summed E-state index contributed by atoms with van der Waals surface area (Å²) in [6, 6.07) is 0. The summed E-state index contributed by atoms with van der Waals surface area (Å²) in [5, 5.41) is 0.799. The van der Waals surface area contributed by atoms with Crippen LogP contribution in [0.4, 0.5) is 0 Å². The van der Waals surface area contributed by atoms with Crippen LogP contribution in [0, 0.1) is 0 Å². The van der Waals surface area contributed by atoms with Crippen molar-refractivity contribution < 1.29 is 22.5 Å². The van der Waals surface area contributed by atoms with Gasteiger partial charge in [-0.2, -0.15) is 0 Å². The van der Waals surface area contributed by atoms with Crippen LogP contribution in [0.5, 0.6) is 0 Å². The molecule has 0 spiro atoms. The third-order valence-electron chi connectivity index (χ3n) is 2.62. The molecule has 0 saturated carbocycles. The first kappa shape index (κ1) is 16.5. The molecule has 0 aliphatic rings. The van der Waals surface area contributed by atoms with Crippen LogP contribution in [0.2, 0.25) is 0 Å². The number of carbonyl (C=O) groups is 1. The molecule has 0 N–H and O–H groups in total. The summed E-state index contributed by atoms with van der Waals surface area (Å²) in [5.41, 5.74) is 0.541. The van der Waals surface area contributed by atoms with E-state index in [-0.39, 0.29) is 5.97 Å². The second-order valence-electron chi connectivity index (χ2n) is 3.51. The summed E-state index contributed by atoms with van der Waals surface area (Å²) in [6.45, 7) is 3.75. The minimum Gasteiger partial charge on any atom is -0.526 e. The summed E-state index contributed by atoms with van der Waals surface area (Å²) in [7, 11) is 2.06. The third-order valence-corrected chi connectivity index (χ3v) is 5.97. The molecule has 0 bridgehead atoms. The topological polar surface area (TPSA) is 54.0 Å². The maximum atomic E-state index is 11.6. The Hall–Kier alpha value is -0.476. The molecule has 0 aliphatic carbocycles. The van der Waals surface area contributed by atoms with E-state index in [0.29, 0.717) is 22.5 Å². The number of hydrogen-bond donors (Lipinski definition) is 0. The summed E-state index contributed by atoms with van der Waals surface area (Å²) < 4.78 is 21.1. The van der Waals surface area contributed by atoms with Crippen molar-refractivity contribution in [2.24, 2.45) is 0 Å². The van der Waals surface area contributed by atoms with Gasteiger partial charge in [0.1, 0.15) is 0 Å². The van der Waals surface area contributed by atoms with Gasteiger partial charge in [0.25, 0.3) is 0 Å². The molecule has 0 atom stereocenters. The first-order chi connectivity index (χ1) is 8.02. The van der Waals surface area contributed by atoms with Crippen LogP contribution in [-0.2, 0) is 22.5 Å². The highest BCUT2D eigenvalue weighted by atomic mass is 28.4. The van der Waals surface area contributed by atoms with Gasteiger partial charge in [-0.15, -0.1) is 0 Å². The molecule has 0 rings (SSSR count). The molecule has 5 nitrogen and oxygen atoms in total. The number of allylic oxidation sites excluding steroid dienone is 1. The molecule has 0 aromatic heterocycles. The highest BCUT2D eigenvalue weighted by molar-refractivity contribution is 6.69. The van der Waals surface area contributed by atoms with E-state index in [1.807, 2.05) is 6.92 Å². The van der Waals surface area contributed by atoms with Gasteiger partial charge in [0.05, 0.1) is 0 Å². The second kappa shape index (κ2) is 7.77. The van der Waals surface area contributed by atoms with Gasteiger partial charge in [-0.3, -0.25) is 0 Å². The van der Waals surface area contributed by atoms with E-state index >= 15 is 0 Å². The molecule has 0 amide bonds. The van der Waals surface area contributed by atoms with Crippen molar-refractivity contribution in [2.75, 3.05) is 21.3 Å². The number of hydrogen-bond acceptors (Lipinski definition) is 5. The molecule has 0 aromatic carbocycles. The van der Waals surface area contributed by atoms with Crippen molar-refractivity contribution in [1.29, 1.82) is 0 Å². The summed E-state index contributed by atoms with van der Waals surface area (Å²) >= 11 is 0. The lowest BCUT2D eigenvalue weighted by atomic mass is 10.2. The minimum absolute atomic E-state index is 0.317. The average Bonchev–Trinajstić information content (AvgIpc) is 2.38. The highest BCUT2D eigenvalue weighted by Gasteiger charge is 2.44. The number of rotatable bonds is 7. The molecule has 0 unspecified atom stereocenters. The van der Waals surface area contributed by atoms with Crippen LogP contribution in [0.25, 0.3) is 0 Å². The van der Waals surface area contributed by atoms with Gasteiger partial charge in [0, 0.05) is 32.1 Å². The number of carbonyl (C=O) groups excluding carboxylic acids is 1. The van der Waals surface area contributed by atoms with Crippen molar-refractivity contribution >= 4 is 25.3 Å². The van der Waals surface area contributed by atoms with E-state index in [0.717, 1.165) is 11.6 Å². The Kier molecular flexibility index (Phi) is 7.56. The Morgan fingerprint density at radius 3 is 1.94 bits per heavy atom. The second-order valence-corrected chi connectivity index (χ2v) is 6.86. The maximum Gasteiger partial charge on any atom is 0.532 e. The monoisotopic (exact) mass is 278 g/mol. The summed E-state index contributed by atoms with van der Waals surface area (Å²) in [5.74, 6) is -0.317. The normalized spacial score (nSPS) is 13.5. The van der Waals surface area contributed by atoms with Crippen molar-refractivity contribution in [3.63, 3.8) is 0 Å². The van der Waals surface area contributed by atoms with Gasteiger partial charge in [-0.1, -0.05) is 13.3 Å². The van der Waals surface area contributed by atoms with Crippen molar-refractivity contribution in [2.45, 2.75) is 26.7 Å². The molecule has 7 heteroatoms. The highest BCUT2D eigenvalue weighted by Crippen LogP contribution is 2.26. The van der Waals surface area contributed by atoms with Gasteiger partial charge < -0.3 is 17.7 Å². The Morgan fingerprint density at radius 2 is 1.65 bits per heavy atom. The molecule has 0 aromatic rings. The molecule has 0 aliphatic heterocycles. The van der Waals surface area contributed by atoms with E-state index in [1.54, 1.807) is 6.92 Å². The zero-order valence-corrected chi connectivity index (χ0v) is 14.5. The average molecular weight is 278 g/mol. The van der Waals surface area contributed by atoms with Crippen LogP contribution < -0.4 is 0 Å². The molecular weight excluding hydrogens is 256 g/mol. The predicted octanol–water partition coefficient (Wildman–Crippen LogP) is 0.344. The van der Waals surface area contributed by atoms with Gasteiger partial charge in [-0.25, -0.2) is 4.79 Å².